The minimum atomic E-state index is -0.759. The number of aliphatic hydroxyl groups is 1. The highest BCUT2D eigenvalue weighted by molar-refractivity contribution is 7.13. The lowest BCUT2D eigenvalue weighted by atomic mass is 9.85. The molecule has 8 heteroatoms. The Labute approximate surface area is 212 Å². The maximum atomic E-state index is 13.5. The average molecular weight is 500 g/mol. The second-order valence-electron chi connectivity index (χ2n) is 10.4. The molecule has 0 saturated carbocycles. The van der Waals surface area contributed by atoms with Crippen LogP contribution in [0.25, 0.3) is 10.4 Å². The van der Waals surface area contributed by atoms with Gasteiger partial charge in [-0.15, -0.1) is 11.3 Å². The number of hydrogen-bond donors (Lipinski definition) is 2. The summed E-state index contributed by atoms with van der Waals surface area (Å²) in [5.41, 5.74) is 4.45. The van der Waals surface area contributed by atoms with Crippen LogP contribution in [0.1, 0.15) is 64.6 Å². The van der Waals surface area contributed by atoms with Gasteiger partial charge in [0.05, 0.1) is 28.2 Å². The summed E-state index contributed by atoms with van der Waals surface area (Å²) in [7, 11) is 0. The summed E-state index contributed by atoms with van der Waals surface area (Å²) in [6.45, 7) is 9.68. The molecular formula is C27H37N3O4S. The van der Waals surface area contributed by atoms with Gasteiger partial charge in [0.25, 0.3) is 0 Å². The standard InChI is InChI=1S/C27H37N3O4S/c1-6-7-23(33)29-25(27(3,4)5)26(34)30-15-20(31)14-21(30)22(32)13-10-18-8-11-19(12-9-18)24-17(2)28-16-35-24/h8-9,11-12,16,20-21,25,31H,6-7,10,13-15H2,1-5H3,(H,29,33)/t20-,21+,25-/m1/s1. The Hall–Kier alpha value is -2.58. The molecule has 1 fully saturated rings. The molecule has 2 aromatic rings. The van der Waals surface area contributed by atoms with E-state index in [0.29, 0.717) is 19.3 Å². The first-order valence-electron chi connectivity index (χ1n) is 12.3. The number of aryl methyl sites for hydroxylation is 2. The summed E-state index contributed by atoms with van der Waals surface area (Å²) in [4.78, 5) is 45.9. The van der Waals surface area contributed by atoms with Crippen molar-refractivity contribution in [3.8, 4) is 10.4 Å². The average Bonchev–Trinajstić information content (AvgIpc) is 3.40. The number of thiazole rings is 1. The van der Waals surface area contributed by atoms with E-state index >= 15 is 0 Å². The van der Waals surface area contributed by atoms with Gasteiger partial charge in [0, 0.05) is 25.8 Å². The van der Waals surface area contributed by atoms with Crippen LogP contribution in [0.2, 0.25) is 0 Å². The number of β-amino-alcohol motifs (C(OH)–C–C–N with tert-alkyl or cyclic N) is 1. The number of rotatable bonds is 9. The van der Waals surface area contributed by atoms with Crippen molar-refractivity contribution in [2.75, 3.05) is 6.54 Å². The molecule has 35 heavy (non-hydrogen) atoms. The second kappa shape index (κ2) is 11.4. The third-order valence-corrected chi connectivity index (χ3v) is 7.43. The summed E-state index contributed by atoms with van der Waals surface area (Å²) in [5.74, 6) is -0.550. The molecule has 7 nitrogen and oxygen atoms in total. The summed E-state index contributed by atoms with van der Waals surface area (Å²) in [6.07, 6.45) is 1.35. The molecule has 1 saturated heterocycles. The lowest BCUT2D eigenvalue weighted by Gasteiger charge is -2.35. The van der Waals surface area contributed by atoms with E-state index in [1.807, 2.05) is 64.4 Å². The highest BCUT2D eigenvalue weighted by atomic mass is 32.1. The van der Waals surface area contributed by atoms with Crippen LogP contribution in [0.4, 0.5) is 0 Å². The third kappa shape index (κ3) is 6.76. The number of amides is 2. The predicted molar refractivity (Wildman–Crippen MR) is 138 cm³/mol. The molecule has 0 bridgehead atoms. The fourth-order valence-electron chi connectivity index (χ4n) is 4.47. The molecule has 2 amide bonds. The lowest BCUT2D eigenvalue weighted by Crippen LogP contribution is -2.56. The quantitative estimate of drug-likeness (QED) is 0.545. The summed E-state index contributed by atoms with van der Waals surface area (Å²) in [6, 6.07) is 6.69. The molecule has 190 valence electrons. The highest BCUT2D eigenvalue weighted by Gasteiger charge is 2.44. The monoisotopic (exact) mass is 499 g/mol. The Kier molecular flexibility index (Phi) is 8.83. The number of nitrogens with one attached hydrogen (secondary N) is 1. The summed E-state index contributed by atoms with van der Waals surface area (Å²) in [5, 5.41) is 13.2. The van der Waals surface area contributed by atoms with Crippen LogP contribution >= 0.6 is 11.3 Å². The van der Waals surface area contributed by atoms with Gasteiger partial charge in [-0.05, 0) is 36.3 Å². The highest BCUT2D eigenvalue weighted by Crippen LogP contribution is 2.29. The number of hydrogen-bond acceptors (Lipinski definition) is 6. The Balaban J connectivity index is 1.67. The van der Waals surface area contributed by atoms with Crippen molar-refractivity contribution in [2.45, 2.75) is 84.9 Å². The first-order valence-corrected chi connectivity index (χ1v) is 13.2. The van der Waals surface area contributed by atoms with E-state index in [1.165, 1.54) is 4.90 Å². The van der Waals surface area contributed by atoms with Gasteiger partial charge in [-0.25, -0.2) is 4.98 Å². The SMILES string of the molecule is CCCC(=O)N[C@H](C(=O)N1C[C@H](O)C[C@H]1C(=O)CCc1ccc(-c2scnc2C)cc1)C(C)(C)C. The Bertz CT molecular complexity index is 1040. The van der Waals surface area contributed by atoms with E-state index in [-0.39, 0.29) is 37.0 Å². The number of likely N-dealkylation sites (tertiary alicyclic amines) is 1. The number of ketones is 1. The van der Waals surface area contributed by atoms with Crippen molar-refractivity contribution >= 4 is 28.9 Å². The zero-order valence-corrected chi connectivity index (χ0v) is 22.2. The van der Waals surface area contributed by atoms with E-state index in [9.17, 15) is 19.5 Å². The van der Waals surface area contributed by atoms with Crippen LogP contribution in [0.5, 0.6) is 0 Å². The predicted octanol–water partition coefficient (Wildman–Crippen LogP) is 3.91. The molecule has 1 aromatic carbocycles. The lowest BCUT2D eigenvalue weighted by molar-refractivity contribution is -0.143. The van der Waals surface area contributed by atoms with Gasteiger partial charge in [0.1, 0.15) is 6.04 Å². The molecule has 1 aliphatic heterocycles. The zero-order chi connectivity index (χ0) is 25.8. The molecule has 0 aliphatic carbocycles. The summed E-state index contributed by atoms with van der Waals surface area (Å²) < 4.78 is 0. The normalized spacial score (nSPS) is 19.0. The third-order valence-electron chi connectivity index (χ3n) is 6.45. The first-order chi connectivity index (χ1) is 16.5. The number of Topliss-reactive ketones (excluding diaryl/α,β-unsaturated/α-hetero) is 1. The fraction of sp³-hybridized carbons (Fsp3) is 0.556. The maximum absolute atomic E-state index is 13.5. The Morgan fingerprint density at radius 2 is 1.89 bits per heavy atom. The Morgan fingerprint density at radius 3 is 2.46 bits per heavy atom. The van der Waals surface area contributed by atoms with Gasteiger partial charge in [-0.2, -0.15) is 0 Å². The van der Waals surface area contributed by atoms with Crippen LogP contribution in [0.3, 0.4) is 0 Å². The number of carbonyl (C=O) groups excluding carboxylic acids is 3. The van der Waals surface area contributed by atoms with Crippen molar-refractivity contribution in [2.24, 2.45) is 5.41 Å². The minimum absolute atomic E-state index is 0.0650. The Morgan fingerprint density at radius 1 is 1.20 bits per heavy atom. The smallest absolute Gasteiger partial charge is 0.246 e. The molecule has 1 aromatic heterocycles. The number of aromatic nitrogens is 1. The molecule has 2 heterocycles. The summed E-state index contributed by atoms with van der Waals surface area (Å²) >= 11 is 1.60. The van der Waals surface area contributed by atoms with Crippen LogP contribution in [0, 0.1) is 12.3 Å². The van der Waals surface area contributed by atoms with Crippen molar-refractivity contribution < 1.29 is 19.5 Å². The molecule has 0 spiro atoms. The van der Waals surface area contributed by atoms with Gasteiger partial charge in [0.15, 0.2) is 5.78 Å². The maximum Gasteiger partial charge on any atom is 0.246 e. The van der Waals surface area contributed by atoms with Crippen molar-refractivity contribution in [1.82, 2.24) is 15.2 Å². The molecule has 2 N–H and O–H groups in total. The van der Waals surface area contributed by atoms with Crippen LogP contribution in [-0.2, 0) is 20.8 Å². The van der Waals surface area contributed by atoms with E-state index in [1.54, 1.807) is 11.3 Å². The van der Waals surface area contributed by atoms with Crippen LogP contribution in [0.15, 0.2) is 29.8 Å². The fourth-order valence-corrected chi connectivity index (χ4v) is 5.28. The molecule has 3 atom stereocenters. The van der Waals surface area contributed by atoms with Gasteiger partial charge in [-0.1, -0.05) is 52.0 Å². The van der Waals surface area contributed by atoms with Crippen molar-refractivity contribution in [3.05, 3.63) is 41.0 Å². The molecule has 0 radical (unpaired) electrons. The molecule has 0 unspecified atom stereocenters. The molecule has 1 aliphatic rings. The van der Waals surface area contributed by atoms with E-state index < -0.39 is 23.6 Å². The molecular weight excluding hydrogens is 462 g/mol. The van der Waals surface area contributed by atoms with Crippen LogP contribution in [-0.4, -0.2) is 57.3 Å². The topological polar surface area (TPSA) is 99.6 Å². The zero-order valence-electron chi connectivity index (χ0n) is 21.3. The van der Waals surface area contributed by atoms with Crippen molar-refractivity contribution in [3.63, 3.8) is 0 Å². The van der Waals surface area contributed by atoms with E-state index in [0.717, 1.165) is 21.7 Å². The molecule has 3 rings (SSSR count). The van der Waals surface area contributed by atoms with E-state index in [2.05, 4.69) is 10.3 Å². The van der Waals surface area contributed by atoms with Gasteiger partial charge in [-0.3, -0.25) is 14.4 Å². The number of nitrogens with zero attached hydrogens (tertiary/aromatic N) is 2. The second-order valence-corrected chi connectivity index (χ2v) is 11.3. The van der Waals surface area contributed by atoms with Gasteiger partial charge in [0.2, 0.25) is 11.8 Å². The first kappa shape index (κ1) is 27.0. The number of benzene rings is 1. The number of carbonyl (C=O) groups is 3. The number of aliphatic hydroxyl groups excluding tert-OH is 1. The largest absolute Gasteiger partial charge is 0.391 e. The van der Waals surface area contributed by atoms with Gasteiger partial charge >= 0.3 is 0 Å². The van der Waals surface area contributed by atoms with E-state index in [4.69, 9.17) is 0 Å². The minimum Gasteiger partial charge on any atom is -0.391 e. The van der Waals surface area contributed by atoms with Crippen LogP contribution < -0.4 is 5.32 Å². The van der Waals surface area contributed by atoms with Gasteiger partial charge < -0.3 is 15.3 Å². The van der Waals surface area contributed by atoms with Crippen molar-refractivity contribution in [1.29, 1.82) is 0 Å².